The summed E-state index contributed by atoms with van der Waals surface area (Å²) in [4.78, 5) is 0. The summed E-state index contributed by atoms with van der Waals surface area (Å²) in [6.45, 7) is 2.32. The van der Waals surface area contributed by atoms with Gasteiger partial charge in [0.2, 0.25) is 5.88 Å². The van der Waals surface area contributed by atoms with Crippen molar-refractivity contribution in [1.29, 1.82) is 0 Å². The lowest BCUT2D eigenvalue weighted by Crippen LogP contribution is -2.20. The van der Waals surface area contributed by atoms with Crippen molar-refractivity contribution in [3.8, 4) is 40.1 Å². The molecule has 1 aromatic heterocycles. The first-order valence-corrected chi connectivity index (χ1v) is 10.5. The van der Waals surface area contributed by atoms with Crippen LogP contribution < -0.4 is 29.0 Å². The van der Waals surface area contributed by atoms with Crippen molar-refractivity contribution in [3.05, 3.63) is 48.0 Å². The van der Waals surface area contributed by atoms with E-state index in [4.69, 9.17) is 23.7 Å². The van der Waals surface area contributed by atoms with E-state index in [0.29, 0.717) is 24.0 Å². The van der Waals surface area contributed by atoms with Crippen LogP contribution in [-0.4, -0.2) is 58.3 Å². The van der Waals surface area contributed by atoms with Crippen LogP contribution in [0.3, 0.4) is 0 Å². The average molecular weight is 442 g/mol. The van der Waals surface area contributed by atoms with Crippen LogP contribution in [-0.2, 0) is 6.42 Å². The number of hydrogen-bond donors (Lipinski definition) is 2. The van der Waals surface area contributed by atoms with Gasteiger partial charge in [0.15, 0.2) is 23.0 Å². The summed E-state index contributed by atoms with van der Waals surface area (Å²) in [5.41, 5.74) is 3.00. The molecule has 0 saturated carbocycles. The van der Waals surface area contributed by atoms with E-state index >= 15 is 0 Å². The van der Waals surface area contributed by atoms with Gasteiger partial charge in [-0.15, -0.1) is 5.10 Å². The molecule has 0 aliphatic rings. The van der Waals surface area contributed by atoms with Gasteiger partial charge in [0.05, 0.1) is 40.7 Å². The highest BCUT2D eigenvalue weighted by atomic mass is 16.5. The van der Waals surface area contributed by atoms with Crippen molar-refractivity contribution in [2.24, 2.45) is 0 Å². The molecular formula is C24H31N3O5. The zero-order chi connectivity index (χ0) is 22.8. The summed E-state index contributed by atoms with van der Waals surface area (Å²) in [5, 5.41) is 10.7. The summed E-state index contributed by atoms with van der Waals surface area (Å²) >= 11 is 0. The van der Waals surface area contributed by atoms with Gasteiger partial charge >= 0.3 is 0 Å². The molecule has 0 aliphatic heterocycles. The summed E-state index contributed by atoms with van der Waals surface area (Å²) in [5.74, 6) is 3.42. The van der Waals surface area contributed by atoms with Gasteiger partial charge in [0.1, 0.15) is 0 Å². The quantitative estimate of drug-likeness (QED) is 0.391. The molecule has 0 radical (unpaired) electrons. The van der Waals surface area contributed by atoms with Crippen LogP contribution in [0.1, 0.15) is 12.0 Å². The molecule has 0 unspecified atom stereocenters. The van der Waals surface area contributed by atoms with Crippen LogP contribution in [0.5, 0.6) is 28.9 Å². The Morgan fingerprint density at radius 1 is 0.781 bits per heavy atom. The fraction of sp³-hybridized carbons (Fsp3) is 0.375. The Hall–Kier alpha value is -3.39. The largest absolute Gasteiger partial charge is 0.493 e. The summed E-state index contributed by atoms with van der Waals surface area (Å²) in [6.07, 6.45) is 1.79. The van der Waals surface area contributed by atoms with E-state index < -0.39 is 0 Å². The lowest BCUT2D eigenvalue weighted by molar-refractivity contribution is 0.296. The van der Waals surface area contributed by atoms with Crippen LogP contribution in [0.25, 0.3) is 11.3 Å². The molecule has 3 aromatic rings. The third-order valence-corrected chi connectivity index (χ3v) is 5.04. The Kier molecular flexibility index (Phi) is 8.62. The highest BCUT2D eigenvalue weighted by Gasteiger charge is 2.09. The zero-order valence-electron chi connectivity index (χ0n) is 19.1. The monoisotopic (exact) mass is 441 g/mol. The second kappa shape index (κ2) is 11.9. The molecule has 2 N–H and O–H groups in total. The molecule has 0 atom stereocenters. The molecule has 1 heterocycles. The fourth-order valence-electron chi connectivity index (χ4n) is 3.30. The number of ether oxygens (including phenoxy) is 5. The number of benzene rings is 2. The van der Waals surface area contributed by atoms with Gasteiger partial charge in [-0.1, -0.05) is 6.07 Å². The van der Waals surface area contributed by atoms with Crippen molar-refractivity contribution >= 4 is 0 Å². The average Bonchev–Trinajstić information content (AvgIpc) is 3.31. The van der Waals surface area contributed by atoms with Gasteiger partial charge in [0.25, 0.3) is 0 Å². The first-order chi connectivity index (χ1) is 15.7. The lowest BCUT2D eigenvalue weighted by Gasteiger charge is -2.10. The number of H-pyrrole nitrogens is 1. The number of aromatic amines is 1. The van der Waals surface area contributed by atoms with Gasteiger partial charge < -0.3 is 29.0 Å². The van der Waals surface area contributed by atoms with E-state index in [9.17, 15) is 0 Å². The molecule has 0 amide bonds. The second-order valence-corrected chi connectivity index (χ2v) is 7.08. The maximum atomic E-state index is 5.76. The SMILES string of the molecule is COc1ccc(CCNCCCOc2cc(-c3ccc(OC)c(OC)c3)[nH]n2)cc1OC. The van der Waals surface area contributed by atoms with Gasteiger partial charge in [-0.25, -0.2) is 0 Å². The van der Waals surface area contributed by atoms with Crippen molar-refractivity contribution < 1.29 is 23.7 Å². The number of nitrogens with one attached hydrogen (secondary N) is 2. The number of hydrogen-bond acceptors (Lipinski definition) is 7. The third kappa shape index (κ3) is 6.07. The molecule has 2 aromatic carbocycles. The molecule has 0 saturated heterocycles. The molecular weight excluding hydrogens is 410 g/mol. The standard InChI is InChI=1S/C24H31N3O5/c1-28-20-8-6-17(14-22(20)30-3)10-12-25-11-5-13-32-24-16-19(26-27-24)18-7-9-21(29-2)23(15-18)31-4/h6-9,14-16,25H,5,10-13H2,1-4H3,(H,26,27). The molecule has 172 valence electrons. The molecule has 0 spiro atoms. The van der Waals surface area contributed by atoms with E-state index in [0.717, 1.165) is 48.7 Å². The minimum absolute atomic E-state index is 0.570. The fourth-order valence-corrected chi connectivity index (χ4v) is 3.30. The molecule has 8 heteroatoms. The molecule has 0 fully saturated rings. The van der Waals surface area contributed by atoms with Crippen LogP contribution in [0, 0.1) is 0 Å². The maximum absolute atomic E-state index is 5.76. The van der Waals surface area contributed by atoms with E-state index in [1.165, 1.54) is 5.56 Å². The van der Waals surface area contributed by atoms with Crippen molar-refractivity contribution in [1.82, 2.24) is 15.5 Å². The lowest BCUT2D eigenvalue weighted by atomic mass is 10.1. The Morgan fingerprint density at radius 3 is 2.19 bits per heavy atom. The van der Waals surface area contributed by atoms with E-state index in [1.807, 2.05) is 36.4 Å². The third-order valence-electron chi connectivity index (χ3n) is 5.04. The molecule has 8 nitrogen and oxygen atoms in total. The summed E-state index contributed by atoms with van der Waals surface area (Å²) < 4.78 is 27.0. The van der Waals surface area contributed by atoms with Crippen LogP contribution in [0.2, 0.25) is 0 Å². The van der Waals surface area contributed by atoms with Gasteiger partial charge in [-0.3, -0.25) is 5.10 Å². The van der Waals surface area contributed by atoms with Crippen molar-refractivity contribution in [2.45, 2.75) is 12.8 Å². The zero-order valence-corrected chi connectivity index (χ0v) is 19.1. The number of aromatic nitrogens is 2. The van der Waals surface area contributed by atoms with Crippen LogP contribution in [0.4, 0.5) is 0 Å². The Labute approximate surface area is 188 Å². The van der Waals surface area contributed by atoms with Crippen molar-refractivity contribution in [2.75, 3.05) is 48.1 Å². The van der Waals surface area contributed by atoms with Gasteiger partial charge in [-0.05, 0) is 61.8 Å². The maximum Gasteiger partial charge on any atom is 0.233 e. The number of rotatable bonds is 13. The Bertz CT molecular complexity index is 990. The van der Waals surface area contributed by atoms with Gasteiger partial charge in [0, 0.05) is 11.6 Å². The van der Waals surface area contributed by atoms with E-state index in [-0.39, 0.29) is 0 Å². The topological polar surface area (TPSA) is 86.9 Å². The Balaban J connectivity index is 1.38. The smallest absolute Gasteiger partial charge is 0.233 e. The molecule has 3 rings (SSSR count). The Morgan fingerprint density at radius 2 is 1.47 bits per heavy atom. The summed E-state index contributed by atoms with van der Waals surface area (Å²) in [6, 6.07) is 13.6. The molecule has 32 heavy (non-hydrogen) atoms. The highest BCUT2D eigenvalue weighted by molar-refractivity contribution is 5.64. The molecule has 0 bridgehead atoms. The van der Waals surface area contributed by atoms with E-state index in [2.05, 4.69) is 21.6 Å². The normalized spacial score (nSPS) is 10.6. The molecule has 0 aliphatic carbocycles. The van der Waals surface area contributed by atoms with Gasteiger partial charge in [-0.2, -0.15) is 0 Å². The predicted molar refractivity (Wildman–Crippen MR) is 123 cm³/mol. The first-order valence-electron chi connectivity index (χ1n) is 10.5. The number of nitrogens with zero attached hydrogens (tertiary/aromatic N) is 1. The first kappa shape index (κ1) is 23.3. The predicted octanol–water partition coefficient (Wildman–Crippen LogP) is 3.71. The highest BCUT2D eigenvalue weighted by Crippen LogP contribution is 2.32. The second-order valence-electron chi connectivity index (χ2n) is 7.08. The van der Waals surface area contributed by atoms with Crippen LogP contribution in [0.15, 0.2) is 42.5 Å². The summed E-state index contributed by atoms with van der Waals surface area (Å²) in [7, 11) is 6.52. The van der Waals surface area contributed by atoms with Crippen LogP contribution >= 0.6 is 0 Å². The minimum Gasteiger partial charge on any atom is -0.493 e. The minimum atomic E-state index is 0.570. The number of methoxy groups -OCH3 is 4. The van der Waals surface area contributed by atoms with Crippen molar-refractivity contribution in [3.63, 3.8) is 0 Å². The van der Waals surface area contributed by atoms with E-state index in [1.54, 1.807) is 28.4 Å².